The van der Waals surface area contributed by atoms with Crippen molar-refractivity contribution in [2.75, 3.05) is 18.8 Å². The zero-order chi connectivity index (χ0) is 35.1. The van der Waals surface area contributed by atoms with Crippen molar-refractivity contribution >= 4 is 48.5 Å². The summed E-state index contributed by atoms with van der Waals surface area (Å²) in [5.74, 6) is -1.96. The van der Waals surface area contributed by atoms with Crippen molar-refractivity contribution in [1.82, 2.24) is 19.3 Å². The van der Waals surface area contributed by atoms with Crippen molar-refractivity contribution in [2.24, 2.45) is 5.92 Å². The van der Waals surface area contributed by atoms with Gasteiger partial charge in [0.1, 0.15) is 12.1 Å². The van der Waals surface area contributed by atoms with E-state index in [0.29, 0.717) is 12.1 Å². The highest BCUT2D eigenvalue weighted by Crippen LogP contribution is 2.24. The summed E-state index contributed by atoms with van der Waals surface area (Å²) < 4.78 is 57.2. The third-order valence-corrected chi connectivity index (χ3v) is 11.3. The number of aromatic amines is 1. The molecule has 2 atom stereocenters. The number of carbonyl (C=O) groups excluding carboxylic acids is 1. The highest BCUT2D eigenvalue weighted by Gasteiger charge is 2.36. The first-order valence-electron chi connectivity index (χ1n) is 15.7. The maximum Gasteiger partial charge on any atom is 0.322 e. The largest absolute Gasteiger partial charge is 0.480 e. The number of benzene rings is 3. The number of aliphatic carboxylic acids is 1. The molecule has 4 aromatic rings. The van der Waals surface area contributed by atoms with E-state index in [9.17, 15) is 31.5 Å². The molecule has 0 fully saturated rings. The summed E-state index contributed by atoms with van der Waals surface area (Å²) in [6.45, 7) is 5.57. The van der Waals surface area contributed by atoms with Gasteiger partial charge >= 0.3 is 5.97 Å². The number of unbranched alkanes of at least 4 members (excludes halogenated alkanes) is 1. The number of aromatic nitrogens is 1. The van der Waals surface area contributed by atoms with E-state index < -0.39 is 44.0 Å². The zero-order valence-corrected chi connectivity index (χ0v) is 28.9. The average molecular weight is 698 g/mol. The van der Waals surface area contributed by atoms with Crippen LogP contribution in [0, 0.1) is 12.8 Å². The minimum atomic E-state index is -4.15. The van der Waals surface area contributed by atoms with Gasteiger partial charge in [0.05, 0.1) is 9.79 Å². The van der Waals surface area contributed by atoms with Crippen LogP contribution in [0.3, 0.4) is 0 Å². The van der Waals surface area contributed by atoms with Crippen molar-refractivity contribution < 1.29 is 31.5 Å². The van der Waals surface area contributed by atoms with Crippen LogP contribution in [0.1, 0.15) is 44.2 Å². The lowest BCUT2D eigenvalue weighted by Gasteiger charge is -2.29. The number of carbonyl (C=O) groups is 2. The number of nitrogens with one attached hydrogen (secondary N) is 3. The Labute approximate surface area is 281 Å². The normalized spacial score (nSPS) is 13.5. The summed E-state index contributed by atoms with van der Waals surface area (Å²) in [7, 11) is -8.20. The van der Waals surface area contributed by atoms with Crippen LogP contribution >= 0.6 is 0 Å². The lowest BCUT2D eigenvalue weighted by molar-refractivity contribution is -0.142. The predicted molar refractivity (Wildman–Crippen MR) is 185 cm³/mol. The fourth-order valence-electron chi connectivity index (χ4n) is 5.40. The number of nitrogen functional groups attached to an aromatic ring is 1. The molecule has 0 unspecified atom stereocenters. The molecule has 258 valence electrons. The number of anilines is 1. The van der Waals surface area contributed by atoms with Crippen LogP contribution in [0.15, 0.2) is 88.8 Å². The number of rotatable bonds is 17. The molecule has 1 heterocycles. The Morgan fingerprint density at radius 3 is 2.21 bits per heavy atom. The Hall–Kier alpha value is -4.24. The van der Waals surface area contributed by atoms with E-state index >= 15 is 0 Å². The van der Waals surface area contributed by atoms with Gasteiger partial charge in [0.15, 0.2) is 0 Å². The molecule has 14 heteroatoms. The van der Waals surface area contributed by atoms with Crippen LogP contribution < -0.4 is 15.8 Å². The molecule has 0 saturated carbocycles. The molecule has 0 spiro atoms. The van der Waals surface area contributed by atoms with Crippen molar-refractivity contribution in [2.45, 2.75) is 68.3 Å². The van der Waals surface area contributed by atoms with Crippen molar-refractivity contribution in [1.29, 1.82) is 0 Å². The molecule has 3 aromatic carbocycles. The maximum atomic E-state index is 13.5. The molecule has 1 amide bonds. The SMILES string of the molecule is Cc1ccc(S(=O)(=O)N[C@@H](Cc2c[nH]c3ccccc23)C(=O)NCCCC[C@@H](C(=O)O)N(CC(C)C)S(=O)(=O)c2ccc(N)cc2)cc1. The number of sulfonamides is 2. The van der Waals surface area contributed by atoms with E-state index in [1.165, 1.54) is 36.4 Å². The van der Waals surface area contributed by atoms with Gasteiger partial charge in [0.2, 0.25) is 26.0 Å². The van der Waals surface area contributed by atoms with Crippen molar-refractivity contribution in [3.63, 3.8) is 0 Å². The van der Waals surface area contributed by atoms with Gasteiger partial charge in [0, 0.05) is 35.9 Å². The van der Waals surface area contributed by atoms with Gasteiger partial charge in [-0.1, -0.05) is 49.7 Å². The van der Waals surface area contributed by atoms with Crippen LogP contribution in [0.5, 0.6) is 0 Å². The summed E-state index contributed by atoms with van der Waals surface area (Å²) in [6.07, 6.45) is 2.45. The molecule has 0 aliphatic rings. The van der Waals surface area contributed by atoms with Gasteiger partial charge in [-0.15, -0.1) is 0 Å². The molecule has 4 rings (SSSR count). The van der Waals surface area contributed by atoms with Gasteiger partial charge in [-0.2, -0.15) is 9.03 Å². The Morgan fingerprint density at radius 1 is 0.917 bits per heavy atom. The van der Waals surface area contributed by atoms with Crippen LogP contribution in [0.25, 0.3) is 10.9 Å². The molecule has 12 nitrogen and oxygen atoms in total. The summed E-state index contributed by atoms with van der Waals surface area (Å²) in [4.78, 5) is 29.0. The fraction of sp³-hybridized carbons (Fsp3) is 0.353. The van der Waals surface area contributed by atoms with E-state index in [-0.39, 0.29) is 48.1 Å². The number of carboxylic acid groups (broad SMARTS) is 1. The monoisotopic (exact) mass is 697 g/mol. The lowest BCUT2D eigenvalue weighted by atomic mass is 10.0. The summed E-state index contributed by atoms with van der Waals surface area (Å²) in [6, 6.07) is 17.0. The molecule has 0 bridgehead atoms. The molecule has 6 N–H and O–H groups in total. The van der Waals surface area contributed by atoms with Crippen LogP contribution in [-0.4, -0.2) is 68.3 Å². The Kier molecular flexibility index (Phi) is 12.0. The number of carboxylic acids is 1. The average Bonchev–Trinajstić information content (AvgIpc) is 3.44. The van der Waals surface area contributed by atoms with E-state index in [4.69, 9.17) is 5.73 Å². The quantitative estimate of drug-likeness (QED) is 0.0807. The second-order valence-corrected chi connectivity index (χ2v) is 15.8. The minimum Gasteiger partial charge on any atom is -0.480 e. The predicted octanol–water partition coefficient (Wildman–Crippen LogP) is 4.03. The highest BCUT2D eigenvalue weighted by molar-refractivity contribution is 7.89. The molecule has 0 radical (unpaired) electrons. The smallest absolute Gasteiger partial charge is 0.322 e. The first kappa shape index (κ1) is 36.6. The van der Waals surface area contributed by atoms with Crippen molar-refractivity contribution in [3.05, 3.63) is 90.1 Å². The number of hydrogen-bond acceptors (Lipinski definition) is 7. The zero-order valence-electron chi connectivity index (χ0n) is 27.2. The second-order valence-electron chi connectivity index (χ2n) is 12.2. The number of amides is 1. The van der Waals surface area contributed by atoms with Gasteiger partial charge in [-0.3, -0.25) is 9.59 Å². The first-order valence-corrected chi connectivity index (χ1v) is 18.6. The highest BCUT2D eigenvalue weighted by atomic mass is 32.2. The van der Waals surface area contributed by atoms with E-state index in [0.717, 1.165) is 26.3 Å². The standard InChI is InChI=1S/C34H43N5O7S2/c1-23(2)22-39(48(45,46)28-17-13-26(35)14-18-28)32(34(41)42)10-6-7-19-36-33(40)31(20-25-21-37-30-9-5-4-8-29(25)30)38-47(43,44)27-15-11-24(3)12-16-27/h4-5,8-9,11-18,21,23,31-32,37-38H,6-7,10,19-20,22,35H2,1-3H3,(H,36,40)(H,41,42)/t31-,32-/m0/s1. The number of aryl methyl sites for hydroxylation is 1. The molecule has 0 aliphatic carbocycles. The topological polar surface area (TPSA) is 192 Å². The van der Waals surface area contributed by atoms with Gasteiger partial charge < -0.3 is 21.1 Å². The third-order valence-electron chi connectivity index (χ3n) is 7.91. The second kappa shape index (κ2) is 15.8. The molecular weight excluding hydrogens is 655 g/mol. The summed E-state index contributed by atoms with van der Waals surface area (Å²) >= 11 is 0. The number of para-hydroxylation sites is 1. The Morgan fingerprint density at radius 2 is 1.56 bits per heavy atom. The molecular formula is C34H43N5O7S2. The summed E-state index contributed by atoms with van der Waals surface area (Å²) in [5.41, 5.74) is 8.60. The van der Waals surface area contributed by atoms with Gasteiger partial charge in [-0.05, 0) is 86.6 Å². The number of nitrogens with zero attached hydrogens (tertiary/aromatic N) is 1. The third kappa shape index (κ3) is 9.22. The Balaban J connectivity index is 1.45. The van der Waals surface area contributed by atoms with E-state index in [2.05, 4.69) is 15.0 Å². The summed E-state index contributed by atoms with van der Waals surface area (Å²) in [5, 5.41) is 13.7. The number of H-pyrrole nitrogens is 1. The van der Waals surface area contributed by atoms with Crippen LogP contribution in [0.2, 0.25) is 0 Å². The van der Waals surface area contributed by atoms with Crippen molar-refractivity contribution in [3.8, 4) is 0 Å². The number of fused-ring (bicyclic) bond motifs is 1. The van der Waals surface area contributed by atoms with Crippen LogP contribution in [0.4, 0.5) is 5.69 Å². The number of nitrogens with two attached hydrogens (primary N) is 1. The minimum absolute atomic E-state index is 0.00292. The van der Waals surface area contributed by atoms with E-state index in [1.54, 1.807) is 32.2 Å². The van der Waals surface area contributed by atoms with Gasteiger partial charge in [-0.25, -0.2) is 16.8 Å². The first-order chi connectivity index (χ1) is 22.7. The van der Waals surface area contributed by atoms with E-state index in [1.807, 2.05) is 31.2 Å². The molecule has 1 aromatic heterocycles. The van der Waals surface area contributed by atoms with Crippen LogP contribution in [-0.2, 0) is 36.1 Å². The maximum absolute atomic E-state index is 13.5. The Bertz CT molecular complexity index is 1920. The molecule has 0 saturated heterocycles. The lowest BCUT2D eigenvalue weighted by Crippen LogP contribution is -2.48. The van der Waals surface area contributed by atoms with Gasteiger partial charge in [0.25, 0.3) is 0 Å². The molecule has 48 heavy (non-hydrogen) atoms. The number of hydrogen-bond donors (Lipinski definition) is 5. The fourth-order valence-corrected chi connectivity index (χ4v) is 8.37. The molecule has 0 aliphatic heterocycles.